The average Bonchev–Trinajstić information content (AvgIpc) is 2.68. The maximum Gasteiger partial charge on any atom is 0.115 e. The van der Waals surface area contributed by atoms with Crippen LogP contribution in [0.3, 0.4) is 0 Å². The normalized spacial score (nSPS) is 25.3. The fourth-order valence-electron chi connectivity index (χ4n) is 5.26. The number of phenols is 1. The summed E-state index contributed by atoms with van der Waals surface area (Å²) in [6, 6.07) is 8.10. The minimum atomic E-state index is 0.392. The van der Waals surface area contributed by atoms with Crippen LogP contribution in [0.15, 0.2) is 24.3 Å². The quantitative estimate of drug-likeness (QED) is 0.387. The smallest absolute Gasteiger partial charge is 0.115 e. The summed E-state index contributed by atoms with van der Waals surface area (Å²) in [4.78, 5) is 0. The van der Waals surface area contributed by atoms with Crippen LogP contribution in [-0.4, -0.2) is 5.11 Å². The van der Waals surface area contributed by atoms with E-state index in [-0.39, 0.29) is 0 Å². The van der Waals surface area contributed by atoms with Crippen LogP contribution in [-0.2, 0) is 0 Å². The molecule has 0 amide bonds. The Morgan fingerprint density at radius 1 is 0.778 bits per heavy atom. The molecule has 4 atom stereocenters. The third-order valence-electron chi connectivity index (χ3n) is 7.28. The second-order valence-corrected chi connectivity index (χ2v) is 9.46. The van der Waals surface area contributed by atoms with Crippen LogP contribution in [0.1, 0.15) is 110 Å². The first-order valence-electron chi connectivity index (χ1n) is 11.8. The number of unbranched alkanes of at least 4 members (excludes halogenated alkanes) is 4. The lowest BCUT2D eigenvalue weighted by Crippen LogP contribution is -2.29. The van der Waals surface area contributed by atoms with Gasteiger partial charge in [-0.2, -0.15) is 0 Å². The van der Waals surface area contributed by atoms with Crippen molar-refractivity contribution in [2.45, 2.75) is 104 Å². The molecule has 1 aromatic carbocycles. The van der Waals surface area contributed by atoms with E-state index in [1.165, 1.54) is 76.2 Å². The summed E-state index contributed by atoms with van der Waals surface area (Å²) in [5, 5.41) is 9.68. The van der Waals surface area contributed by atoms with Crippen molar-refractivity contribution in [2.75, 3.05) is 0 Å². The van der Waals surface area contributed by atoms with E-state index >= 15 is 0 Å². The Bertz CT molecular complexity index is 481. The van der Waals surface area contributed by atoms with Crippen molar-refractivity contribution in [1.82, 2.24) is 0 Å². The lowest BCUT2D eigenvalue weighted by molar-refractivity contribution is 0.134. The number of phenolic OH excluding ortho intramolecular Hbond substituents is 1. The van der Waals surface area contributed by atoms with Gasteiger partial charge < -0.3 is 5.11 Å². The molecular weight excluding hydrogens is 328 g/mol. The Kier molecular flexibility index (Phi) is 9.73. The topological polar surface area (TPSA) is 20.2 Å². The first kappa shape index (κ1) is 22.3. The molecule has 1 nitrogen and oxygen atoms in total. The Labute approximate surface area is 169 Å². The third kappa shape index (κ3) is 7.16. The standard InChI is InChI=1S/C26H44O/c1-5-7-9-11-20(3)23-17-24(21(4)12-10-8-6-2)19-25(18-23)22-13-15-26(27)16-14-22/h13-16,20-21,23-25,27H,5-12,17-19H2,1-4H3. The molecule has 2 rings (SSSR count). The van der Waals surface area contributed by atoms with E-state index in [9.17, 15) is 5.11 Å². The summed E-state index contributed by atoms with van der Waals surface area (Å²) in [6.07, 6.45) is 15.1. The van der Waals surface area contributed by atoms with Gasteiger partial charge in [0.2, 0.25) is 0 Å². The highest BCUT2D eigenvalue weighted by Crippen LogP contribution is 2.46. The summed E-state index contributed by atoms with van der Waals surface area (Å²) in [5.41, 5.74) is 1.45. The van der Waals surface area contributed by atoms with Gasteiger partial charge in [0.1, 0.15) is 5.75 Å². The summed E-state index contributed by atoms with van der Waals surface area (Å²) in [5.74, 6) is 4.50. The van der Waals surface area contributed by atoms with Gasteiger partial charge >= 0.3 is 0 Å². The van der Waals surface area contributed by atoms with Gasteiger partial charge in [-0.15, -0.1) is 0 Å². The number of benzene rings is 1. The Morgan fingerprint density at radius 3 is 1.70 bits per heavy atom. The highest BCUT2D eigenvalue weighted by Gasteiger charge is 2.34. The average molecular weight is 373 g/mol. The summed E-state index contributed by atoms with van der Waals surface area (Å²) < 4.78 is 0. The SMILES string of the molecule is CCCCCC(C)C1CC(c2ccc(O)cc2)CC(C(C)CCCCC)C1. The van der Waals surface area contributed by atoms with Crippen LogP contribution in [0.25, 0.3) is 0 Å². The van der Waals surface area contributed by atoms with Gasteiger partial charge in [-0.3, -0.25) is 0 Å². The maximum atomic E-state index is 9.68. The second kappa shape index (κ2) is 11.8. The zero-order valence-electron chi connectivity index (χ0n) is 18.4. The van der Waals surface area contributed by atoms with Crippen molar-refractivity contribution in [3.05, 3.63) is 29.8 Å². The second-order valence-electron chi connectivity index (χ2n) is 9.46. The molecule has 4 unspecified atom stereocenters. The molecule has 1 fully saturated rings. The molecule has 0 spiro atoms. The highest BCUT2D eigenvalue weighted by molar-refractivity contribution is 5.28. The highest BCUT2D eigenvalue weighted by atomic mass is 16.3. The van der Waals surface area contributed by atoms with Crippen LogP contribution < -0.4 is 0 Å². The van der Waals surface area contributed by atoms with E-state index in [4.69, 9.17) is 0 Å². The van der Waals surface area contributed by atoms with E-state index in [0.717, 1.165) is 23.7 Å². The van der Waals surface area contributed by atoms with Crippen molar-refractivity contribution in [3.8, 4) is 5.75 Å². The summed E-state index contributed by atoms with van der Waals surface area (Å²) in [7, 11) is 0. The van der Waals surface area contributed by atoms with Crippen molar-refractivity contribution in [1.29, 1.82) is 0 Å². The lowest BCUT2D eigenvalue weighted by atomic mass is 9.65. The molecule has 0 heterocycles. The van der Waals surface area contributed by atoms with Crippen molar-refractivity contribution < 1.29 is 5.11 Å². The molecule has 1 aliphatic rings. The van der Waals surface area contributed by atoms with Gasteiger partial charge in [-0.1, -0.05) is 91.2 Å². The predicted octanol–water partition coefficient (Wildman–Crippen LogP) is 8.32. The van der Waals surface area contributed by atoms with Gasteiger partial charge in [0.05, 0.1) is 0 Å². The zero-order valence-corrected chi connectivity index (χ0v) is 18.4. The summed E-state index contributed by atoms with van der Waals surface area (Å²) >= 11 is 0. The maximum absolute atomic E-state index is 9.68. The fourth-order valence-corrected chi connectivity index (χ4v) is 5.26. The zero-order chi connectivity index (χ0) is 19.6. The lowest BCUT2D eigenvalue weighted by Gasteiger charge is -2.41. The largest absolute Gasteiger partial charge is 0.508 e. The first-order chi connectivity index (χ1) is 13.0. The third-order valence-corrected chi connectivity index (χ3v) is 7.28. The number of rotatable bonds is 11. The summed E-state index contributed by atoms with van der Waals surface area (Å²) in [6.45, 7) is 9.64. The van der Waals surface area contributed by atoms with Gasteiger partial charge in [0, 0.05) is 0 Å². The molecular formula is C26H44O. The molecule has 1 aromatic rings. The minimum absolute atomic E-state index is 0.392. The Morgan fingerprint density at radius 2 is 1.26 bits per heavy atom. The van der Waals surface area contributed by atoms with Gasteiger partial charge in [-0.05, 0) is 66.5 Å². The molecule has 0 saturated heterocycles. The van der Waals surface area contributed by atoms with Crippen LogP contribution in [0.5, 0.6) is 5.75 Å². The number of hydrogen-bond acceptors (Lipinski definition) is 1. The van der Waals surface area contributed by atoms with Gasteiger partial charge in [0.15, 0.2) is 0 Å². The molecule has 1 saturated carbocycles. The van der Waals surface area contributed by atoms with Crippen LogP contribution >= 0.6 is 0 Å². The molecule has 1 aliphatic carbocycles. The number of hydrogen-bond donors (Lipinski definition) is 1. The van der Waals surface area contributed by atoms with E-state index in [0.29, 0.717) is 11.7 Å². The van der Waals surface area contributed by atoms with Crippen LogP contribution in [0.2, 0.25) is 0 Å². The van der Waals surface area contributed by atoms with Gasteiger partial charge in [0.25, 0.3) is 0 Å². The van der Waals surface area contributed by atoms with Crippen molar-refractivity contribution in [3.63, 3.8) is 0 Å². The number of aromatic hydroxyl groups is 1. The van der Waals surface area contributed by atoms with Crippen LogP contribution in [0, 0.1) is 23.7 Å². The minimum Gasteiger partial charge on any atom is -0.508 e. The Hall–Kier alpha value is -0.980. The molecule has 0 aromatic heterocycles. The predicted molar refractivity (Wildman–Crippen MR) is 118 cm³/mol. The molecule has 154 valence electrons. The van der Waals surface area contributed by atoms with E-state index in [1.54, 1.807) is 0 Å². The van der Waals surface area contributed by atoms with E-state index in [1.807, 2.05) is 12.1 Å². The molecule has 0 aliphatic heterocycles. The Balaban J connectivity index is 2.06. The molecule has 0 radical (unpaired) electrons. The fraction of sp³-hybridized carbons (Fsp3) is 0.769. The molecule has 27 heavy (non-hydrogen) atoms. The van der Waals surface area contributed by atoms with Crippen molar-refractivity contribution in [2.24, 2.45) is 23.7 Å². The molecule has 1 N–H and O–H groups in total. The van der Waals surface area contributed by atoms with Crippen LogP contribution in [0.4, 0.5) is 0 Å². The van der Waals surface area contributed by atoms with E-state index < -0.39 is 0 Å². The van der Waals surface area contributed by atoms with Gasteiger partial charge in [-0.25, -0.2) is 0 Å². The monoisotopic (exact) mass is 372 g/mol. The molecule has 1 heteroatoms. The van der Waals surface area contributed by atoms with E-state index in [2.05, 4.69) is 39.8 Å². The van der Waals surface area contributed by atoms with Crippen molar-refractivity contribution >= 4 is 0 Å². The first-order valence-corrected chi connectivity index (χ1v) is 11.8. The molecule has 0 bridgehead atoms.